The molecule has 2 atom stereocenters. The van der Waals surface area contributed by atoms with Crippen LogP contribution in [0.4, 0.5) is 10.5 Å². The van der Waals surface area contributed by atoms with Gasteiger partial charge in [-0.15, -0.1) is 0 Å². The topological polar surface area (TPSA) is 79.2 Å². The summed E-state index contributed by atoms with van der Waals surface area (Å²) in [5.74, 6) is 0.164. The van der Waals surface area contributed by atoms with Crippen molar-refractivity contribution in [3.8, 4) is 5.69 Å². The van der Waals surface area contributed by atoms with Gasteiger partial charge in [0.2, 0.25) is 0 Å². The van der Waals surface area contributed by atoms with Crippen LogP contribution in [0.2, 0.25) is 0 Å². The zero-order chi connectivity index (χ0) is 17.1. The molecular weight excluding hydrogens is 304 g/mol. The Morgan fingerprint density at radius 2 is 2.17 bits per heavy atom. The van der Waals surface area contributed by atoms with E-state index in [-0.39, 0.29) is 24.6 Å². The van der Waals surface area contributed by atoms with E-state index >= 15 is 0 Å². The number of nitrogens with one attached hydrogen (secondary N) is 2. The number of rotatable bonds is 4. The van der Waals surface area contributed by atoms with Crippen LogP contribution in [0, 0.1) is 19.8 Å². The highest BCUT2D eigenvalue weighted by atomic mass is 16.3. The quantitative estimate of drug-likeness (QED) is 0.807. The first-order chi connectivity index (χ1) is 11.6. The molecule has 3 rings (SSSR count). The van der Waals surface area contributed by atoms with Gasteiger partial charge in [0.05, 0.1) is 11.4 Å². The lowest BCUT2D eigenvalue weighted by molar-refractivity contribution is 0.203. The van der Waals surface area contributed by atoms with E-state index in [2.05, 4.69) is 15.7 Å². The summed E-state index contributed by atoms with van der Waals surface area (Å²) in [5.41, 5.74) is 3.63. The number of aliphatic hydroxyl groups is 1. The van der Waals surface area contributed by atoms with Crippen LogP contribution in [0.1, 0.15) is 30.7 Å². The van der Waals surface area contributed by atoms with Crippen molar-refractivity contribution in [1.29, 1.82) is 0 Å². The maximum atomic E-state index is 12.2. The minimum atomic E-state index is -0.231. The molecule has 1 heterocycles. The maximum Gasteiger partial charge on any atom is 0.319 e. The third-order valence-corrected chi connectivity index (χ3v) is 4.57. The Balaban J connectivity index is 1.68. The number of aliphatic hydroxyl groups excluding tert-OH is 1. The number of hydrogen-bond donors (Lipinski definition) is 3. The second-order valence-corrected chi connectivity index (χ2v) is 6.47. The summed E-state index contributed by atoms with van der Waals surface area (Å²) in [7, 11) is 0. The van der Waals surface area contributed by atoms with Gasteiger partial charge in [0.25, 0.3) is 0 Å². The lowest BCUT2D eigenvalue weighted by Crippen LogP contribution is -2.41. The highest BCUT2D eigenvalue weighted by molar-refractivity contribution is 5.89. The Morgan fingerprint density at radius 1 is 1.33 bits per heavy atom. The molecule has 1 fully saturated rings. The molecule has 24 heavy (non-hydrogen) atoms. The Morgan fingerprint density at radius 3 is 2.88 bits per heavy atom. The minimum Gasteiger partial charge on any atom is -0.396 e. The van der Waals surface area contributed by atoms with Gasteiger partial charge in [0.15, 0.2) is 0 Å². The fourth-order valence-corrected chi connectivity index (χ4v) is 3.39. The molecule has 2 aromatic rings. The third-order valence-electron chi connectivity index (χ3n) is 4.57. The largest absolute Gasteiger partial charge is 0.396 e. The molecule has 0 saturated heterocycles. The normalized spacial score (nSPS) is 20.1. The van der Waals surface area contributed by atoms with Gasteiger partial charge in [0.1, 0.15) is 0 Å². The average molecular weight is 328 g/mol. The van der Waals surface area contributed by atoms with Gasteiger partial charge < -0.3 is 15.7 Å². The predicted octanol–water partition coefficient (Wildman–Crippen LogP) is 2.77. The van der Waals surface area contributed by atoms with Crippen LogP contribution < -0.4 is 10.6 Å². The fourth-order valence-electron chi connectivity index (χ4n) is 3.39. The Bertz CT molecular complexity index is 726. The van der Waals surface area contributed by atoms with Gasteiger partial charge in [-0.25, -0.2) is 9.48 Å². The first-order valence-electron chi connectivity index (χ1n) is 8.39. The molecule has 0 radical (unpaired) electrons. The number of benzene rings is 1. The van der Waals surface area contributed by atoms with E-state index in [9.17, 15) is 9.90 Å². The zero-order valence-corrected chi connectivity index (χ0v) is 14.1. The number of urea groups is 1. The number of hydrogen-bond acceptors (Lipinski definition) is 3. The van der Waals surface area contributed by atoms with Crippen LogP contribution in [-0.2, 0) is 0 Å². The molecule has 1 aromatic heterocycles. The number of nitrogens with zero attached hydrogens (tertiary/aromatic N) is 2. The first-order valence-corrected chi connectivity index (χ1v) is 8.39. The zero-order valence-electron chi connectivity index (χ0n) is 14.1. The van der Waals surface area contributed by atoms with Crippen LogP contribution in [0.25, 0.3) is 5.69 Å². The van der Waals surface area contributed by atoms with Crippen molar-refractivity contribution in [2.45, 2.75) is 39.2 Å². The van der Waals surface area contributed by atoms with Gasteiger partial charge in [0, 0.05) is 29.9 Å². The van der Waals surface area contributed by atoms with E-state index in [1.165, 1.54) is 0 Å². The number of anilines is 1. The molecule has 1 aliphatic carbocycles. The molecule has 0 unspecified atom stereocenters. The molecule has 0 aliphatic heterocycles. The monoisotopic (exact) mass is 328 g/mol. The molecule has 1 saturated carbocycles. The Kier molecular flexibility index (Phi) is 4.85. The summed E-state index contributed by atoms with van der Waals surface area (Å²) in [4.78, 5) is 12.2. The average Bonchev–Trinajstić information content (AvgIpc) is 3.13. The molecule has 1 aromatic carbocycles. The van der Waals surface area contributed by atoms with Crippen molar-refractivity contribution in [2.24, 2.45) is 5.92 Å². The fraction of sp³-hybridized carbons (Fsp3) is 0.444. The van der Waals surface area contributed by atoms with Crippen LogP contribution in [0.5, 0.6) is 0 Å². The third kappa shape index (κ3) is 3.59. The maximum absolute atomic E-state index is 12.2. The summed E-state index contributed by atoms with van der Waals surface area (Å²) >= 11 is 0. The second kappa shape index (κ2) is 7.05. The van der Waals surface area contributed by atoms with Crippen LogP contribution in [0.3, 0.4) is 0 Å². The van der Waals surface area contributed by atoms with E-state index in [0.29, 0.717) is 0 Å². The summed E-state index contributed by atoms with van der Waals surface area (Å²) in [6.45, 7) is 4.08. The van der Waals surface area contributed by atoms with Gasteiger partial charge in [-0.3, -0.25) is 0 Å². The van der Waals surface area contributed by atoms with E-state index in [1.54, 1.807) is 0 Å². The number of carbonyl (C=O) groups is 1. The number of amides is 2. The van der Waals surface area contributed by atoms with Gasteiger partial charge >= 0.3 is 6.03 Å². The van der Waals surface area contributed by atoms with Crippen molar-refractivity contribution < 1.29 is 9.90 Å². The lowest BCUT2D eigenvalue weighted by atomic mass is 10.1. The predicted molar refractivity (Wildman–Crippen MR) is 93.4 cm³/mol. The van der Waals surface area contributed by atoms with Crippen molar-refractivity contribution in [2.75, 3.05) is 11.9 Å². The summed E-state index contributed by atoms with van der Waals surface area (Å²) in [5, 5.41) is 19.7. The molecule has 6 heteroatoms. The Labute approximate surface area is 141 Å². The molecule has 0 spiro atoms. The molecule has 6 nitrogen and oxygen atoms in total. The molecule has 3 N–H and O–H groups in total. The molecule has 128 valence electrons. The minimum absolute atomic E-state index is 0.0502. The molecule has 2 amide bonds. The van der Waals surface area contributed by atoms with Gasteiger partial charge in [-0.05, 0) is 51.0 Å². The first kappa shape index (κ1) is 16.5. The van der Waals surface area contributed by atoms with Crippen LogP contribution in [-0.4, -0.2) is 33.6 Å². The second-order valence-electron chi connectivity index (χ2n) is 6.47. The van der Waals surface area contributed by atoms with Gasteiger partial charge in [-0.2, -0.15) is 5.10 Å². The number of aryl methyl sites for hydroxylation is 2. The van der Waals surface area contributed by atoms with E-state index < -0.39 is 0 Å². The Hall–Kier alpha value is -2.34. The van der Waals surface area contributed by atoms with Crippen molar-refractivity contribution >= 4 is 11.7 Å². The highest BCUT2D eigenvalue weighted by Crippen LogP contribution is 2.25. The lowest BCUT2D eigenvalue weighted by Gasteiger charge is -2.19. The highest BCUT2D eigenvalue weighted by Gasteiger charge is 2.27. The smallest absolute Gasteiger partial charge is 0.319 e. The van der Waals surface area contributed by atoms with Crippen molar-refractivity contribution in [3.63, 3.8) is 0 Å². The van der Waals surface area contributed by atoms with Crippen LogP contribution >= 0.6 is 0 Å². The molecule has 0 bridgehead atoms. The van der Waals surface area contributed by atoms with E-state index in [0.717, 1.165) is 42.0 Å². The van der Waals surface area contributed by atoms with E-state index in [4.69, 9.17) is 0 Å². The summed E-state index contributed by atoms with van der Waals surface area (Å²) in [6.07, 6.45) is 2.93. The van der Waals surface area contributed by atoms with Gasteiger partial charge in [-0.1, -0.05) is 12.5 Å². The molecule has 1 aliphatic rings. The molecular formula is C18H24N4O2. The standard InChI is InChI=1S/C18H24N4O2/c1-12-9-13(2)22(21-12)16-7-4-6-15(10-16)19-18(24)20-17-8-3-5-14(17)11-23/h4,6-7,9-10,14,17,23H,3,5,8,11H2,1-2H3,(H2,19,20,24)/t14-,17+/m0/s1. The van der Waals surface area contributed by atoms with Crippen LogP contribution in [0.15, 0.2) is 30.3 Å². The van der Waals surface area contributed by atoms with E-state index in [1.807, 2.05) is 48.9 Å². The summed E-state index contributed by atoms with van der Waals surface area (Å²) in [6, 6.07) is 9.45. The number of aromatic nitrogens is 2. The van der Waals surface area contributed by atoms with Crippen molar-refractivity contribution in [3.05, 3.63) is 41.7 Å². The SMILES string of the molecule is Cc1cc(C)n(-c2cccc(NC(=O)N[C@@H]3CCC[C@H]3CO)c2)n1. The van der Waals surface area contributed by atoms with Crippen molar-refractivity contribution in [1.82, 2.24) is 15.1 Å². The summed E-state index contributed by atoms with van der Waals surface area (Å²) < 4.78 is 1.86. The number of carbonyl (C=O) groups excluding carboxylic acids is 1.